The summed E-state index contributed by atoms with van der Waals surface area (Å²) in [5, 5.41) is 2.78. The van der Waals surface area contributed by atoms with E-state index in [0.29, 0.717) is 23.6 Å². The van der Waals surface area contributed by atoms with E-state index in [0.717, 1.165) is 17.7 Å². The van der Waals surface area contributed by atoms with Gasteiger partial charge in [0.05, 0.1) is 26.5 Å². The van der Waals surface area contributed by atoms with Crippen molar-refractivity contribution in [2.75, 3.05) is 32.3 Å². The molecule has 2 amide bonds. The van der Waals surface area contributed by atoms with E-state index in [2.05, 4.69) is 5.32 Å². The summed E-state index contributed by atoms with van der Waals surface area (Å²) >= 11 is 0. The highest BCUT2D eigenvalue weighted by Crippen LogP contribution is 2.44. The van der Waals surface area contributed by atoms with Gasteiger partial charge in [0.25, 0.3) is 5.91 Å². The minimum Gasteiger partial charge on any atom is -0.493 e. The lowest BCUT2D eigenvalue weighted by molar-refractivity contribution is 0.0949. The molecule has 9 heteroatoms. The summed E-state index contributed by atoms with van der Waals surface area (Å²) < 4.78 is 42.7. The van der Waals surface area contributed by atoms with Crippen LogP contribution in [0.1, 0.15) is 42.1 Å². The molecule has 32 heavy (non-hydrogen) atoms. The molecule has 2 unspecified atom stereocenters. The quantitative estimate of drug-likeness (QED) is 0.715. The van der Waals surface area contributed by atoms with E-state index in [-0.39, 0.29) is 30.7 Å². The van der Waals surface area contributed by atoms with Crippen LogP contribution >= 0.6 is 0 Å². The number of hydrogen-bond acceptors (Lipinski definition) is 5. The Morgan fingerprint density at radius 2 is 1.78 bits per heavy atom. The molecule has 0 aromatic heterocycles. The van der Waals surface area contributed by atoms with Gasteiger partial charge in [0.1, 0.15) is 0 Å². The molecule has 0 bridgehead atoms. The molecule has 0 saturated heterocycles. The van der Waals surface area contributed by atoms with E-state index in [1.54, 1.807) is 24.0 Å². The maximum absolute atomic E-state index is 13.5. The van der Waals surface area contributed by atoms with Gasteiger partial charge in [-0.05, 0) is 50.1 Å². The molecule has 172 valence electrons. The predicted molar refractivity (Wildman–Crippen MR) is 115 cm³/mol. The smallest absolute Gasteiger partial charge is 0.414 e. The Kier molecular flexibility index (Phi) is 7.17. The second-order valence-electron chi connectivity index (χ2n) is 7.46. The van der Waals surface area contributed by atoms with Crippen molar-refractivity contribution in [3.63, 3.8) is 0 Å². The summed E-state index contributed by atoms with van der Waals surface area (Å²) in [5.74, 6) is -1.85. The number of benzene rings is 2. The number of methoxy groups -OCH3 is 2. The van der Waals surface area contributed by atoms with E-state index < -0.39 is 23.6 Å². The lowest BCUT2D eigenvalue weighted by atomic mass is 9.85. The largest absolute Gasteiger partial charge is 0.493 e. The highest BCUT2D eigenvalue weighted by Gasteiger charge is 2.36. The van der Waals surface area contributed by atoms with Gasteiger partial charge in [-0.3, -0.25) is 9.69 Å². The summed E-state index contributed by atoms with van der Waals surface area (Å²) in [4.78, 5) is 26.7. The molecule has 0 radical (unpaired) electrons. The second kappa shape index (κ2) is 9.84. The first-order valence-electron chi connectivity index (χ1n) is 10.3. The summed E-state index contributed by atoms with van der Waals surface area (Å²) in [7, 11) is 3.02. The van der Waals surface area contributed by atoms with Crippen molar-refractivity contribution < 1.29 is 32.6 Å². The van der Waals surface area contributed by atoms with Crippen molar-refractivity contribution in [3.05, 3.63) is 53.1 Å². The lowest BCUT2D eigenvalue weighted by Crippen LogP contribution is -2.45. The molecule has 2 aromatic carbocycles. The molecule has 1 heterocycles. The third-order valence-electron chi connectivity index (χ3n) is 5.45. The van der Waals surface area contributed by atoms with Crippen LogP contribution in [0.2, 0.25) is 0 Å². The molecule has 7 nitrogen and oxygen atoms in total. The highest BCUT2D eigenvalue weighted by atomic mass is 19.2. The van der Waals surface area contributed by atoms with Crippen LogP contribution in [0.5, 0.6) is 11.5 Å². The van der Waals surface area contributed by atoms with E-state index >= 15 is 0 Å². The standard InChI is InChI=1S/C23H26F2N2O5/c1-5-32-23(29)27-13(2)8-15(16-10-20(30-3)21(31-4)11-19(16)27)12-26-22(28)14-6-7-17(24)18(25)9-14/h6-7,9-11,13,15H,5,8,12H2,1-4H3,(H,26,28). The van der Waals surface area contributed by atoms with Crippen LogP contribution in [0.25, 0.3) is 0 Å². The van der Waals surface area contributed by atoms with Crippen LogP contribution in [0.4, 0.5) is 19.3 Å². The number of nitrogens with one attached hydrogen (secondary N) is 1. The predicted octanol–water partition coefficient (Wildman–Crippen LogP) is 4.25. The third kappa shape index (κ3) is 4.61. The first-order chi connectivity index (χ1) is 15.3. The van der Waals surface area contributed by atoms with Gasteiger partial charge >= 0.3 is 6.09 Å². The lowest BCUT2D eigenvalue weighted by Gasteiger charge is -2.39. The zero-order valence-electron chi connectivity index (χ0n) is 18.4. The average molecular weight is 448 g/mol. The summed E-state index contributed by atoms with van der Waals surface area (Å²) in [5.41, 5.74) is 1.40. The second-order valence-corrected chi connectivity index (χ2v) is 7.46. The molecular weight excluding hydrogens is 422 g/mol. The third-order valence-corrected chi connectivity index (χ3v) is 5.45. The van der Waals surface area contributed by atoms with Crippen LogP contribution < -0.4 is 19.7 Å². The van der Waals surface area contributed by atoms with Crippen molar-refractivity contribution in [1.29, 1.82) is 0 Å². The molecule has 0 spiro atoms. The Balaban J connectivity index is 1.91. The topological polar surface area (TPSA) is 77.1 Å². The van der Waals surface area contributed by atoms with Crippen LogP contribution in [-0.2, 0) is 4.74 Å². The average Bonchev–Trinajstić information content (AvgIpc) is 2.78. The molecule has 2 aromatic rings. The van der Waals surface area contributed by atoms with Gasteiger partial charge in [0.2, 0.25) is 0 Å². The first-order valence-corrected chi connectivity index (χ1v) is 10.3. The van der Waals surface area contributed by atoms with Gasteiger partial charge in [0.15, 0.2) is 23.1 Å². The van der Waals surface area contributed by atoms with Gasteiger partial charge in [0, 0.05) is 30.1 Å². The Morgan fingerprint density at radius 1 is 1.09 bits per heavy atom. The van der Waals surface area contributed by atoms with E-state index in [9.17, 15) is 18.4 Å². The van der Waals surface area contributed by atoms with Crippen LogP contribution in [0.15, 0.2) is 30.3 Å². The Morgan fingerprint density at radius 3 is 2.41 bits per heavy atom. The summed E-state index contributed by atoms with van der Waals surface area (Å²) in [6, 6.07) is 6.27. The van der Waals surface area contributed by atoms with Gasteiger partial charge in [-0.1, -0.05) is 0 Å². The number of carbonyl (C=O) groups is 2. The molecule has 1 aliphatic heterocycles. The van der Waals surface area contributed by atoms with E-state index in [1.807, 2.05) is 6.92 Å². The molecule has 2 atom stereocenters. The normalized spacial score (nSPS) is 17.4. The number of nitrogens with zero attached hydrogens (tertiary/aromatic N) is 1. The van der Waals surface area contributed by atoms with Crippen molar-refractivity contribution in [3.8, 4) is 11.5 Å². The number of hydrogen-bond donors (Lipinski definition) is 1. The Hall–Kier alpha value is -3.36. The van der Waals surface area contributed by atoms with Gasteiger partial charge in [-0.2, -0.15) is 0 Å². The first kappa shape index (κ1) is 23.3. The minimum absolute atomic E-state index is 0.0217. The van der Waals surface area contributed by atoms with Gasteiger partial charge in [-0.15, -0.1) is 0 Å². The number of halogens is 2. The number of fused-ring (bicyclic) bond motifs is 1. The monoisotopic (exact) mass is 448 g/mol. The zero-order chi connectivity index (χ0) is 23.4. The molecular formula is C23H26F2N2O5. The highest BCUT2D eigenvalue weighted by molar-refractivity contribution is 5.94. The Bertz CT molecular complexity index is 1010. The van der Waals surface area contributed by atoms with Crippen LogP contribution in [0.3, 0.4) is 0 Å². The summed E-state index contributed by atoms with van der Waals surface area (Å²) in [6.07, 6.45) is 0.0667. The van der Waals surface area contributed by atoms with Crippen LogP contribution in [0, 0.1) is 11.6 Å². The van der Waals surface area contributed by atoms with E-state index in [4.69, 9.17) is 14.2 Å². The maximum atomic E-state index is 13.5. The SMILES string of the molecule is CCOC(=O)N1c2cc(OC)c(OC)cc2C(CNC(=O)c2ccc(F)c(F)c2)CC1C. The fraction of sp³-hybridized carbons (Fsp3) is 0.391. The van der Waals surface area contributed by atoms with Crippen LogP contribution in [-0.4, -0.2) is 45.4 Å². The fourth-order valence-electron chi connectivity index (χ4n) is 3.92. The minimum atomic E-state index is -1.09. The molecule has 0 aliphatic carbocycles. The van der Waals surface area contributed by atoms with Crippen molar-refractivity contribution >= 4 is 17.7 Å². The fourth-order valence-corrected chi connectivity index (χ4v) is 3.92. The van der Waals surface area contributed by atoms with E-state index in [1.165, 1.54) is 20.3 Å². The van der Waals surface area contributed by atoms with Gasteiger partial charge in [-0.25, -0.2) is 13.6 Å². The molecule has 3 rings (SSSR count). The number of carbonyl (C=O) groups excluding carboxylic acids is 2. The molecule has 0 fully saturated rings. The summed E-state index contributed by atoms with van der Waals surface area (Å²) in [6.45, 7) is 4.08. The number of rotatable bonds is 6. The maximum Gasteiger partial charge on any atom is 0.414 e. The van der Waals surface area contributed by atoms with Crippen molar-refractivity contribution in [1.82, 2.24) is 5.32 Å². The van der Waals surface area contributed by atoms with Gasteiger partial charge < -0.3 is 19.5 Å². The molecule has 0 saturated carbocycles. The number of ether oxygens (including phenoxy) is 3. The molecule has 1 N–H and O–H groups in total. The number of amides is 2. The zero-order valence-corrected chi connectivity index (χ0v) is 18.4. The van der Waals surface area contributed by atoms with Crippen molar-refractivity contribution in [2.45, 2.75) is 32.2 Å². The Labute approximate surface area is 185 Å². The number of anilines is 1. The van der Waals surface area contributed by atoms with Crippen molar-refractivity contribution in [2.24, 2.45) is 0 Å². The molecule has 1 aliphatic rings.